The summed E-state index contributed by atoms with van der Waals surface area (Å²) in [5.74, 6) is 0. The number of nitrogens with one attached hydrogen (secondary N) is 1. The molecule has 1 unspecified atom stereocenters. The first-order valence-corrected chi connectivity index (χ1v) is 8.35. The van der Waals surface area contributed by atoms with Crippen molar-refractivity contribution in [2.75, 3.05) is 6.54 Å². The predicted octanol–water partition coefficient (Wildman–Crippen LogP) is 5.04. The molecule has 0 aliphatic heterocycles. The molecular formula is C17H17ClN2S. The van der Waals surface area contributed by atoms with E-state index >= 15 is 0 Å². The summed E-state index contributed by atoms with van der Waals surface area (Å²) < 4.78 is 1.23. The minimum absolute atomic E-state index is 0.154. The number of pyridine rings is 1. The summed E-state index contributed by atoms with van der Waals surface area (Å²) in [5, 5.41) is 6.45. The van der Waals surface area contributed by atoms with Crippen LogP contribution >= 0.6 is 22.9 Å². The number of rotatable bonds is 5. The lowest BCUT2D eigenvalue weighted by atomic mass is 10.00. The Bertz CT molecular complexity index is 721. The van der Waals surface area contributed by atoms with Crippen molar-refractivity contribution in [3.8, 4) is 0 Å². The van der Waals surface area contributed by atoms with E-state index in [1.165, 1.54) is 15.8 Å². The molecule has 2 heterocycles. The maximum atomic E-state index is 6.00. The summed E-state index contributed by atoms with van der Waals surface area (Å²) in [6.45, 7) is 3.14. The number of aromatic nitrogens is 1. The lowest BCUT2D eigenvalue weighted by Gasteiger charge is -2.19. The molecule has 21 heavy (non-hydrogen) atoms. The fourth-order valence-corrected chi connectivity index (χ4v) is 3.31. The molecule has 108 valence electrons. The molecule has 1 N–H and O–H groups in total. The second-order valence-corrected chi connectivity index (χ2v) is 6.40. The molecule has 0 saturated heterocycles. The average Bonchev–Trinajstić information content (AvgIpc) is 2.97. The first-order valence-electron chi connectivity index (χ1n) is 7.10. The van der Waals surface area contributed by atoms with Gasteiger partial charge in [-0.3, -0.25) is 4.98 Å². The molecule has 2 nitrogen and oxygen atoms in total. The van der Waals surface area contributed by atoms with E-state index in [-0.39, 0.29) is 6.04 Å². The van der Waals surface area contributed by atoms with Gasteiger partial charge in [0, 0.05) is 11.2 Å². The number of halogens is 1. The maximum Gasteiger partial charge on any atom is 0.0809 e. The van der Waals surface area contributed by atoms with E-state index < -0.39 is 0 Å². The van der Waals surface area contributed by atoms with E-state index in [0.29, 0.717) is 0 Å². The fourth-order valence-electron chi connectivity index (χ4n) is 2.39. The van der Waals surface area contributed by atoms with E-state index in [1.807, 2.05) is 18.3 Å². The van der Waals surface area contributed by atoms with Crippen LogP contribution in [0.2, 0.25) is 5.02 Å². The molecule has 3 rings (SSSR count). The third-order valence-electron chi connectivity index (χ3n) is 3.46. The topological polar surface area (TPSA) is 24.9 Å². The highest BCUT2D eigenvalue weighted by Gasteiger charge is 2.14. The number of hydrogen-bond donors (Lipinski definition) is 1. The fraction of sp³-hybridized carbons (Fsp3) is 0.235. The zero-order valence-corrected chi connectivity index (χ0v) is 13.4. The summed E-state index contributed by atoms with van der Waals surface area (Å²) in [5.41, 5.74) is 3.47. The van der Waals surface area contributed by atoms with Gasteiger partial charge in [-0.05, 0) is 53.7 Å². The molecule has 1 atom stereocenters. The van der Waals surface area contributed by atoms with E-state index in [1.54, 1.807) is 11.3 Å². The Morgan fingerprint density at radius 3 is 2.76 bits per heavy atom. The van der Waals surface area contributed by atoms with Crippen molar-refractivity contribution >= 4 is 33.2 Å². The lowest BCUT2D eigenvalue weighted by Crippen LogP contribution is -2.23. The van der Waals surface area contributed by atoms with Gasteiger partial charge in [0.2, 0.25) is 0 Å². The average molecular weight is 317 g/mol. The highest BCUT2D eigenvalue weighted by molar-refractivity contribution is 7.17. The van der Waals surface area contributed by atoms with Gasteiger partial charge in [-0.25, -0.2) is 0 Å². The van der Waals surface area contributed by atoms with Crippen molar-refractivity contribution in [2.45, 2.75) is 19.4 Å². The number of benzene rings is 1. The van der Waals surface area contributed by atoms with Gasteiger partial charge in [0.1, 0.15) is 0 Å². The van der Waals surface area contributed by atoms with Crippen molar-refractivity contribution < 1.29 is 0 Å². The molecule has 1 aromatic carbocycles. The highest BCUT2D eigenvalue weighted by atomic mass is 35.5. The second-order valence-electron chi connectivity index (χ2n) is 5.01. The number of hydrogen-bond acceptors (Lipinski definition) is 3. The number of fused-ring (bicyclic) bond motifs is 1. The molecule has 3 aromatic rings. The zero-order valence-electron chi connectivity index (χ0n) is 11.8. The molecule has 2 aromatic heterocycles. The van der Waals surface area contributed by atoms with Crippen LogP contribution in [0.25, 0.3) is 10.2 Å². The largest absolute Gasteiger partial charge is 0.306 e. The smallest absolute Gasteiger partial charge is 0.0809 e. The van der Waals surface area contributed by atoms with Gasteiger partial charge in [-0.15, -0.1) is 11.3 Å². The van der Waals surface area contributed by atoms with Gasteiger partial charge in [0.05, 0.1) is 16.3 Å². The van der Waals surface area contributed by atoms with Crippen LogP contribution in [0.3, 0.4) is 0 Å². The summed E-state index contributed by atoms with van der Waals surface area (Å²) in [6.07, 6.45) is 3.07. The maximum absolute atomic E-state index is 6.00. The Morgan fingerprint density at radius 2 is 2.00 bits per heavy atom. The second kappa shape index (κ2) is 6.56. The van der Waals surface area contributed by atoms with Crippen LogP contribution in [0.5, 0.6) is 0 Å². The van der Waals surface area contributed by atoms with Crippen LogP contribution in [0.1, 0.15) is 30.5 Å². The SMILES string of the molecule is CCCNC(c1ccc(Cl)cc1)c1cnc2ccsc2c1. The summed E-state index contributed by atoms with van der Waals surface area (Å²) in [4.78, 5) is 4.56. The third kappa shape index (κ3) is 3.26. The minimum atomic E-state index is 0.154. The Kier molecular flexibility index (Phi) is 4.54. The first kappa shape index (κ1) is 14.5. The normalized spacial score (nSPS) is 12.7. The molecule has 0 radical (unpaired) electrons. The Morgan fingerprint density at radius 1 is 1.19 bits per heavy atom. The molecule has 0 aliphatic carbocycles. The van der Waals surface area contributed by atoms with Crippen molar-refractivity contribution in [2.24, 2.45) is 0 Å². The van der Waals surface area contributed by atoms with Crippen LogP contribution in [0.15, 0.2) is 48.0 Å². The zero-order chi connectivity index (χ0) is 14.7. The van der Waals surface area contributed by atoms with Gasteiger partial charge in [-0.1, -0.05) is 30.7 Å². The van der Waals surface area contributed by atoms with Crippen molar-refractivity contribution in [3.05, 3.63) is 64.1 Å². The van der Waals surface area contributed by atoms with Crippen molar-refractivity contribution in [3.63, 3.8) is 0 Å². The predicted molar refractivity (Wildman–Crippen MR) is 91.2 cm³/mol. The Hall–Kier alpha value is -1.42. The van der Waals surface area contributed by atoms with E-state index in [9.17, 15) is 0 Å². The van der Waals surface area contributed by atoms with E-state index in [4.69, 9.17) is 11.6 Å². The lowest BCUT2D eigenvalue weighted by molar-refractivity contribution is 0.598. The molecule has 0 spiro atoms. The molecule has 4 heteroatoms. The van der Waals surface area contributed by atoms with Gasteiger partial charge in [-0.2, -0.15) is 0 Å². The molecule has 0 fully saturated rings. The summed E-state index contributed by atoms with van der Waals surface area (Å²) in [6, 6.07) is 12.5. The van der Waals surface area contributed by atoms with Crippen molar-refractivity contribution in [1.82, 2.24) is 10.3 Å². The molecule has 0 bridgehead atoms. The van der Waals surface area contributed by atoms with Crippen LogP contribution in [-0.2, 0) is 0 Å². The molecule has 0 saturated carbocycles. The van der Waals surface area contributed by atoms with Gasteiger partial charge in [0.25, 0.3) is 0 Å². The number of thiophene rings is 1. The molecular weight excluding hydrogens is 300 g/mol. The van der Waals surface area contributed by atoms with Crippen LogP contribution < -0.4 is 5.32 Å². The Labute approximate surface area is 133 Å². The third-order valence-corrected chi connectivity index (χ3v) is 4.56. The highest BCUT2D eigenvalue weighted by Crippen LogP contribution is 2.27. The Balaban J connectivity index is 1.99. The van der Waals surface area contributed by atoms with Crippen molar-refractivity contribution in [1.29, 1.82) is 0 Å². The molecule has 0 aliphatic rings. The standard InChI is InChI=1S/C17H17ClN2S/c1-2-8-19-17(12-3-5-14(18)6-4-12)13-10-16-15(20-11-13)7-9-21-16/h3-7,9-11,17,19H,2,8H2,1H3. The van der Waals surface area contributed by atoms with E-state index in [0.717, 1.165) is 23.5 Å². The first-order chi connectivity index (χ1) is 10.3. The quantitative estimate of drug-likeness (QED) is 0.713. The van der Waals surface area contributed by atoms with Gasteiger partial charge >= 0.3 is 0 Å². The minimum Gasteiger partial charge on any atom is -0.306 e. The summed E-state index contributed by atoms with van der Waals surface area (Å²) in [7, 11) is 0. The summed E-state index contributed by atoms with van der Waals surface area (Å²) >= 11 is 7.73. The number of nitrogens with zero attached hydrogens (tertiary/aromatic N) is 1. The van der Waals surface area contributed by atoms with Gasteiger partial charge < -0.3 is 5.32 Å². The van der Waals surface area contributed by atoms with Crippen LogP contribution in [0.4, 0.5) is 0 Å². The van der Waals surface area contributed by atoms with E-state index in [2.05, 4.69) is 46.9 Å². The van der Waals surface area contributed by atoms with Gasteiger partial charge in [0.15, 0.2) is 0 Å². The van der Waals surface area contributed by atoms with Crippen LogP contribution in [0, 0.1) is 0 Å². The molecule has 0 amide bonds. The monoisotopic (exact) mass is 316 g/mol. The van der Waals surface area contributed by atoms with Crippen LogP contribution in [-0.4, -0.2) is 11.5 Å².